The molecule has 0 bridgehead atoms. The monoisotopic (exact) mass is 522 g/mol. The zero-order valence-electron chi connectivity index (χ0n) is 21.0. The largest absolute Gasteiger partial charge is 0.490 e. The van der Waals surface area contributed by atoms with Crippen LogP contribution in [-0.2, 0) is 0 Å². The van der Waals surface area contributed by atoms with Gasteiger partial charge in [-0.25, -0.2) is 0 Å². The molecule has 0 saturated carbocycles. The smallest absolute Gasteiger partial charge is 0.255 e. The molecule has 1 aliphatic heterocycles. The average molecular weight is 523 g/mol. The molecular weight excluding hydrogens is 492 g/mol. The van der Waals surface area contributed by atoms with Gasteiger partial charge in [-0.3, -0.25) is 14.6 Å². The number of amides is 2. The number of nitrogens with one attached hydrogen (secondary N) is 3. The molecule has 9 heteroatoms. The van der Waals surface area contributed by atoms with Gasteiger partial charge in [-0.05, 0) is 67.3 Å². The van der Waals surface area contributed by atoms with Crippen LogP contribution in [0.2, 0.25) is 5.02 Å². The number of aliphatic hydroxyl groups excluding tert-OH is 1. The first kappa shape index (κ1) is 26.4. The second kappa shape index (κ2) is 11.6. The van der Waals surface area contributed by atoms with Crippen molar-refractivity contribution >= 4 is 29.1 Å². The summed E-state index contributed by atoms with van der Waals surface area (Å²) in [5, 5.41) is 19.3. The van der Waals surface area contributed by atoms with Crippen molar-refractivity contribution in [3.8, 4) is 16.9 Å². The molecule has 0 spiro atoms. The summed E-state index contributed by atoms with van der Waals surface area (Å²) in [6.45, 7) is 4.31. The summed E-state index contributed by atoms with van der Waals surface area (Å²) in [6.07, 6.45) is 3.97. The van der Waals surface area contributed by atoms with Crippen molar-refractivity contribution in [2.24, 2.45) is 0 Å². The van der Waals surface area contributed by atoms with Crippen molar-refractivity contribution in [1.82, 2.24) is 15.6 Å². The van der Waals surface area contributed by atoms with Crippen LogP contribution in [0, 0.1) is 0 Å². The summed E-state index contributed by atoms with van der Waals surface area (Å²) >= 11 is 6.36. The zero-order chi connectivity index (χ0) is 26.5. The maximum atomic E-state index is 13.5. The van der Waals surface area contributed by atoms with Crippen LogP contribution < -0.4 is 20.7 Å². The standard InChI is InChI=1S/C28H31ClN4O4/c1-16(2)37-26-7-5-17(18-4-6-22(24(29)12-18)27(35)30-3)11-23(26)28(36)33-20(15-34)10-19-13-32-25-14-31-9-8-21(19)25/h4-9,11-12,14,16,19-20,32,34H,10,13,15H2,1-3H3,(H,30,35)(H,33,36). The third-order valence-corrected chi connectivity index (χ3v) is 6.63. The number of ether oxygens (including phenoxy) is 1. The molecule has 0 aliphatic carbocycles. The van der Waals surface area contributed by atoms with Crippen molar-refractivity contribution in [2.75, 3.05) is 25.5 Å². The molecule has 2 aromatic carbocycles. The average Bonchev–Trinajstić information content (AvgIpc) is 3.30. The number of nitrogens with zero attached hydrogens (tertiary/aromatic N) is 1. The van der Waals surface area contributed by atoms with Crippen LogP contribution in [0.4, 0.5) is 5.69 Å². The first-order valence-electron chi connectivity index (χ1n) is 12.2. The number of hydrogen-bond donors (Lipinski definition) is 4. The van der Waals surface area contributed by atoms with Gasteiger partial charge >= 0.3 is 0 Å². The Bertz CT molecular complexity index is 1300. The summed E-state index contributed by atoms with van der Waals surface area (Å²) in [5.74, 6) is -0.0247. The molecule has 4 N–H and O–H groups in total. The minimum Gasteiger partial charge on any atom is -0.490 e. The molecule has 4 rings (SSSR count). The fourth-order valence-electron chi connectivity index (χ4n) is 4.51. The topological polar surface area (TPSA) is 113 Å². The normalized spacial score (nSPS) is 15.0. The summed E-state index contributed by atoms with van der Waals surface area (Å²) in [4.78, 5) is 29.6. The first-order chi connectivity index (χ1) is 17.8. The van der Waals surface area contributed by atoms with Gasteiger partial charge < -0.3 is 25.8 Å². The van der Waals surface area contributed by atoms with Gasteiger partial charge in [0.2, 0.25) is 0 Å². The lowest BCUT2D eigenvalue weighted by atomic mass is 9.94. The number of fused-ring (bicyclic) bond motifs is 1. The van der Waals surface area contributed by atoms with Gasteiger partial charge in [0.05, 0.1) is 46.8 Å². The van der Waals surface area contributed by atoms with Crippen molar-refractivity contribution in [1.29, 1.82) is 0 Å². The van der Waals surface area contributed by atoms with Gasteiger partial charge in [-0.2, -0.15) is 0 Å². The summed E-state index contributed by atoms with van der Waals surface area (Å²) in [7, 11) is 1.55. The van der Waals surface area contributed by atoms with E-state index in [-0.39, 0.29) is 30.4 Å². The van der Waals surface area contributed by atoms with E-state index in [1.54, 1.807) is 49.8 Å². The number of anilines is 1. The van der Waals surface area contributed by atoms with Crippen LogP contribution in [-0.4, -0.2) is 54.2 Å². The molecule has 2 amide bonds. The molecule has 2 atom stereocenters. The number of carbonyl (C=O) groups excluding carboxylic acids is 2. The molecule has 1 aliphatic rings. The van der Waals surface area contributed by atoms with Gasteiger partial charge in [0.1, 0.15) is 5.75 Å². The van der Waals surface area contributed by atoms with Crippen LogP contribution in [0.1, 0.15) is 52.5 Å². The molecule has 0 radical (unpaired) electrons. The number of aliphatic hydroxyl groups is 1. The maximum absolute atomic E-state index is 13.5. The molecule has 3 aromatic rings. The Labute approximate surface area is 221 Å². The fraction of sp³-hybridized carbons (Fsp3) is 0.321. The molecule has 194 valence electrons. The number of rotatable bonds is 9. The number of aromatic nitrogens is 1. The Morgan fingerprint density at radius 2 is 1.89 bits per heavy atom. The van der Waals surface area contributed by atoms with E-state index in [2.05, 4.69) is 20.9 Å². The second-order valence-corrected chi connectivity index (χ2v) is 9.69. The molecule has 1 aromatic heterocycles. The van der Waals surface area contributed by atoms with E-state index in [4.69, 9.17) is 16.3 Å². The Morgan fingerprint density at radius 3 is 2.59 bits per heavy atom. The highest BCUT2D eigenvalue weighted by Gasteiger charge is 2.27. The number of hydrogen-bond acceptors (Lipinski definition) is 6. The summed E-state index contributed by atoms with van der Waals surface area (Å²) in [5.41, 5.74) is 4.33. The van der Waals surface area contributed by atoms with E-state index in [0.717, 1.165) is 28.9 Å². The lowest BCUT2D eigenvalue weighted by molar-refractivity contribution is 0.0904. The highest BCUT2D eigenvalue weighted by molar-refractivity contribution is 6.34. The second-order valence-electron chi connectivity index (χ2n) is 9.28. The van der Waals surface area contributed by atoms with E-state index in [1.807, 2.05) is 26.0 Å². The lowest BCUT2D eigenvalue weighted by Crippen LogP contribution is -2.39. The fourth-order valence-corrected chi connectivity index (χ4v) is 4.77. The highest BCUT2D eigenvalue weighted by atomic mass is 35.5. The molecule has 8 nitrogen and oxygen atoms in total. The Morgan fingerprint density at radius 1 is 1.14 bits per heavy atom. The minimum absolute atomic E-state index is 0.137. The Kier molecular flexibility index (Phi) is 8.31. The summed E-state index contributed by atoms with van der Waals surface area (Å²) in [6, 6.07) is 12.0. The first-order valence-corrected chi connectivity index (χ1v) is 12.6. The van der Waals surface area contributed by atoms with Gasteiger partial charge in [-0.1, -0.05) is 23.7 Å². The van der Waals surface area contributed by atoms with Crippen molar-refractivity contribution in [3.05, 3.63) is 76.6 Å². The predicted molar refractivity (Wildman–Crippen MR) is 144 cm³/mol. The maximum Gasteiger partial charge on any atom is 0.255 e. The lowest BCUT2D eigenvalue weighted by Gasteiger charge is -2.22. The Balaban J connectivity index is 1.59. The highest BCUT2D eigenvalue weighted by Crippen LogP contribution is 2.34. The molecule has 2 heterocycles. The van der Waals surface area contributed by atoms with Gasteiger partial charge in [-0.15, -0.1) is 0 Å². The quantitative estimate of drug-likeness (QED) is 0.334. The van der Waals surface area contributed by atoms with E-state index < -0.39 is 6.04 Å². The molecule has 0 saturated heterocycles. The predicted octanol–water partition coefficient (Wildman–Crippen LogP) is 4.24. The van der Waals surface area contributed by atoms with Crippen LogP contribution in [0.5, 0.6) is 5.75 Å². The van der Waals surface area contributed by atoms with Gasteiger partial charge in [0.15, 0.2) is 0 Å². The van der Waals surface area contributed by atoms with Crippen molar-refractivity contribution in [2.45, 2.75) is 38.3 Å². The van der Waals surface area contributed by atoms with E-state index in [1.165, 1.54) is 0 Å². The molecular formula is C28H31ClN4O4. The van der Waals surface area contributed by atoms with Gasteiger partial charge in [0.25, 0.3) is 11.8 Å². The third-order valence-electron chi connectivity index (χ3n) is 6.32. The zero-order valence-corrected chi connectivity index (χ0v) is 21.8. The number of halogens is 1. The van der Waals surface area contributed by atoms with E-state index in [9.17, 15) is 14.7 Å². The van der Waals surface area contributed by atoms with E-state index >= 15 is 0 Å². The van der Waals surface area contributed by atoms with Gasteiger partial charge in [0, 0.05) is 25.7 Å². The molecule has 2 unspecified atom stereocenters. The number of carbonyl (C=O) groups is 2. The van der Waals surface area contributed by atoms with E-state index in [0.29, 0.717) is 28.3 Å². The van der Waals surface area contributed by atoms with Crippen molar-refractivity contribution < 1.29 is 19.4 Å². The van der Waals surface area contributed by atoms with Crippen molar-refractivity contribution in [3.63, 3.8) is 0 Å². The van der Waals surface area contributed by atoms with Crippen LogP contribution in [0.3, 0.4) is 0 Å². The third kappa shape index (κ3) is 6.03. The minimum atomic E-state index is -0.449. The van der Waals surface area contributed by atoms with Crippen LogP contribution >= 0.6 is 11.6 Å². The molecule has 37 heavy (non-hydrogen) atoms. The Hall–Kier alpha value is -3.62. The van der Waals surface area contributed by atoms with Crippen LogP contribution in [0.25, 0.3) is 11.1 Å². The molecule has 0 fully saturated rings. The summed E-state index contributed by atoms with van der Waals surface area (Å²) < 4.78 is 5.92. The number of benzene rings is 2. The SMILES string of the molecule is CNC(=O)c1ccc(-c2ccc(OC(C)C)c(C(=O)NC(CO)CC3CNc4cnccc43)c2)cc1Cl. The van der Waals surface area contributed by atoms with Crippen LogP contribution in [0.15, 0.2) is 54.9 Å². The number of pyridine rings is 1.